The van der Waals surface area contributed by atoms with Crippen LogP contribution in [-0.2, 0) is 42.9 Å². The third kappa shape index (κ3) is 47.7. The van der Waals surface area contributed by atoms with E-state index in [1.807, 2.05) is 24.3 Å². The van der Waals surface area contributed by atoms with E-state index < -0.39 is 73.9 Å². The van der Waals surface area contributed by atoms with Gasteiger partial charge in [-0.3, -0.25) is 14.4 Å². The lowest BCUT2D eigenvalue weighted by atomic mass is 9.98. The van der Waals surface area contributed by atoms with Crippen molar-refractivity contribution in [1.82, 2.24) is 0 Å². The Bertz CT molecular complexity index is 2180. The number of esters is 3. The zero-order chi connectivity index (χ0) is 61.7. The van der Waals surface area contributed by atoms with Gasteiger partial charge in [-0.05, 0) is 128 Å². The maximum atomic E-state index is 13.2. The first-order chi connectivity index (χ1) is 41.6. The summed E-state index contributed by atoms with van der Waals surface area (Å²) in [6.45, 7) is 5.51. The Balaban J connectivity index is 2.79. The van der Waals surface area contributed by atoms with Crippen LogP contribution in [0.5, 0.6) is 0 Å². The predicted molar refractivity (Wildman–Crippen MR) is 348 cm³/mol. The Hall–Kier alpha value is -6.18. The largest absolute Gasteiger partial charge is 0.479 e. The summed E-state index contributed by atoms with van der Waals surface area (Å²) in [6.07, 6.45) is 75.9. The van der Waals surface area contributed by atoms with Gasteiger partial charge in [-0.1, -0.05) is 235 Å². The van der Waals surface area contributed by atoms with Gasteiger partial charge in [0.25, 0.3) is 0 Å². The molecule has 6 atom stereocenters. The van der Waals surface area contributed by atoms with Gasteiger partial charge in [0.05, 0.1) is 6.61 Å². The first-order valence-electron chi connectivity index (χ1n) is 31.8. The van der Waals surface area contributed by atoms with Crippen molar-refractivity contribution >= 4 is 23.9 Å². The van der Waals surface area contributed by atoms with Crippen LogP contribution in [0.2, 0.25) is 0 Å². The molecule has 1 saturated heterocycles. The fourth-order valence-electron chi connectivity index (χ4n) is 8.26. The Labute approximate surface area is 512 Å². The molecule has 85 heavy (non-hydrogen) atoms. The number of carboxylic acid groups (broad SMARTS) is 1. The smallest absolute Gasteiger partial charge is 0.335 e. The van der Waals surface area contributed by atoms with Crippen LogP contribution in [0.15, 0.2) is 182 Å². The highest BCUT2D eigenvalue weighted by atomic mass is 16.7. The quantitative estimate of drug-likeness (QED) is 0.0228. The summed E-state index contributed by atoms with van der Waals surface area (Å²) in [4.78, 5) is 51.3. The van der Waals surface area contributed by atoms with Crippen LogP contribution >= 0.6 is 0 Å². The van der Waals surface area contributed by atoms with Crippen molar-refractivity contribution in [3.8, 4) is 0 Å². The summed E-state index contributed by atoms with van der Waals surface area (Å²) >= 11 is 0. The van der Waals surface area contributed by atoms with Gasteiger partial charge in [0.2, 0.25) is 0 Å². The number of unbranched alkanes of at least 4 members (excludes halogenated alkanes) is 7. The lowest BCUT2D eigenvalue weighted by Gasteiger charge is -2.40. The molecule has 1 rings (SSSR count). The van der Waals surface area contributed by atoms with Crippen molar-refractivity contribution in [2.45, 2.75) is 237 Å². The second kappa shape index (κ2) is 58.2. The monoisotopic (exact) mass is 1180 g/mol. The maximum Gasteiger partial charge on any atom is 0.335 e. The molecule has 1 aliphatic rings. The number of carbonyl (C=O) groups excluding carboxylic acids is 3. The fraction of sp³-hybridized carbons (Fsp3) is 0.534. The Morgan fingerprint density at radius 1 is 0.388 bits per heavy atom. The van der Waals surface area contributed by atoms with E-state index in [0.717, 1.165) is 128 Å². The van der Waals surface area contributed by atoms with Crippen molar-refractivity contribution in [3.63, 3.8) is 0 Å². The van der Waals surface area contributed by atoms with Gasteiger partial charge in [-0.2, -0.15) is 0 Å². The van der Waals surface area contributed by atoms with Crippen LogP contribution < -0.4 is 0 Å². The van der Waals surface area contributed by atoms with Crippen molar-refractivity contribution in [1.29, 1.82) is 0 Å². The number of carboxylic acids is 1. The number of aliphatic carboxylic acids is 1. The molecule has 0 bridgehead atoms. The molecular formula is C73H108O12. The minimum atomic E-state index is -1.94. The molecule has 0 aromatic carbocycles. The summed E-state index contributed by atoms with van der Waals surface area (Å²) in [5.41, 5.74) is 0. The van der Waals surface area contributed by atoms with Crippen molar-refractivity contribution < 1.29 is 58.2 Å². The molecule has 0 aromatic heterocycles. The number of carbonyl (C=O) groups is 4. The SMILES string of the molecule is CC/C=C\C/C=C\C/C=C\C/C=C\C/C=C\C/C=C\CCC(=O)OCC(COC1OC(C(=O)O)C(O)C(O)C1OC(=O)CCCCCCCCC/C=C\C/C=C\C/C=C\CC)OC(=O)CC/C=C\C/C=C\C/C=C\C/C=C\C/C=C\C/C=C\CC. The number of allylic oxidation sites excluding steroid dienone is 30. The first kappa shape index (κ1) is 76.8. The zero-order valence-corrected chi connectivity index (χ0v) is 52.0. The second-order valence-corrected chi connectivity index (χ2v) is 20.5. The van der Waals surface area contributed by atoms with Crippen LogP contribution in [-0.4, -0.2) is 89.2 Å². The third-order valence-corrected chi connectivity index (χ3v) is 13.0. The molecule has 0 saturated carbocycles. The van der Waals surface area contributed by atoms with Crippen molar-refractivity contribution in [2.24, 2.45) is 0 Å². The molecule has 12 nitrogen and oxygen atoms in total. The van der Waals surface area contributed by atoms with Gasteiger partial charge in [0, 0.05) is 19.3 Å². The van der Waals surface area contributed by atoms with Gasteiger partial charge in [-0.25, -0.2) is 4.79 Å². The molecular weight excluding hydrogens is 1070 g/mol. The van der Waals surface area contributed by atoms with Crippen LogP contribution in [0, 0.1) is 0 Å². The molecule has 6 unspecified atom stereocenters. The molecule has 0 aliphatic carbocycles. The normalized spacial score (nSPS) is 18.7. The van der Waals surface area contributed by atoms with Crippen LogP contribution in [0.4, 0.5) is 0 Å². The second-order valence-electron chi connectivity index (χ2n) is 20.5. The minimum absolute atomic E-state index is 0.00912. The lowest BCUT2D eigenvalue weighted by Crippen LogP contribution is -2.61. The highest BCUT2D eigenvalue weighted by Gasteiger charge is 2.50. The van der Waals surface area contributed by atoms with Crippen molar-refractivity contribution in [2.75, 3.05) is 13.2 Å². The molecule has 472 valence electrons. The number of rotatable bonds is 51. The van der Waals surface area contributed by atoms with E-state index in [2.05, 4.69) is 179 Å². The Morgan fingerprint density at radius 3 is 1.12 bits per heavy atom. The number of hydrogen-bond donors (Lipinski definition) is 3. The van der Waals surface area contributed by atoms with Crippen LogP contribution in [0.25, 0.3) is 0 Å². The Morgan fingerprint density at radius 2 is 0.729 bits per heavy atom. The molecule has 0 spiro atoms. The van der Waals surface area contributed by atoms with E-state index >= 15 is 0 Å². The van der Waals surface area contributed by atoms with Gasteiger partial charge >= 0.3 is 23.9 Å². The van der Waals surface area contributed by atoms with Gasteiger partial charge < -0.3 is 39.0 Å². The number of hydrogen-bond acceptors (Lipinski definition) is 11. The summed E-state index contributed by atoms with van der Waals surface area (Å²) < 4.78 is 28.3. The fourth-order valence-corrected chi connectivity index (χ4v) is 8.26. The standard InChI is InChI=1S/C73H108O12/c1-4-7-10-13-16-19-22-25-28-31-33-36-38-41-44-47-50-53-56-59-65(74)81-62-64(83-66(75)60-57-54-51-48-45-42-40-37-34-32-29-26-23-20-17-14-11-8-5-2)63-82-73-71(69(78)68(77)70(85-73)72(79)80)84-67(76)61-58-55-52-49-46-43-39-35-30-27-24-21-18-15-12-9-6-3/h7-12,16-21,25-30,33-34,36-37,41-42,44-45,50-51,53-54,64,68-71,73,77-78H,4-6,13-15,22-24,31-32,35,38-40,43,46-49,52,55-63H2,1-3H3,(H,79,80)/b10-7-,11-8-,12-9-,19-16-,20-17-,21-18-,28-25-,29-26-,30-27-,36-33-,37-34-,44-41-,45-42-,53-50-,54-51-. The van der Waals surface area contributed by atoms with Crippen LogP contribution in [0.3, 0.4) is 0 Å². The molecule has 0 aromatic rings. The van der Waals surface area contributed by atoms with Crippen LogP contribution in [0.1, 0.15) is 201 Å². The number of ether oxygens (including phenoxy) is 5. The molecule has 0 amide bonds. The molecule has 1 heterocycles. The van der Waals surface area contributed by atoms with Crippen molar-refractivity contribution in [3.05, 3.63) is 182 Å². The highest BCUT2D eigenvalue weighted by Crippen LogP contribution is 2.26. The molecule has 1 fully saturated rings. The van der Waals surface area contributed by atoms with E-state index in [9.17, 15) is 34.5 Å². The molecule has 0 radical (unpaired) electrons. The molecule has 12 heteroatoms. The van der Waals surface area contributed by atoms with E-state index in [1.165, 1.54) is 0 Å². The molecule has 1 aliphatic heterocycles. The number of aliphatic hydroxyl groups excluding tert-OH is 2. The zero-order valence-electron chi connectivity index (χ0n) is 52.0. The summed E-state index contributed by atoms with van der Waals surface area (Å²) in [6, 6.07) is 0. The minimum Gasteiger partial charge on any atom is -0.479 e. The van der Waals surface area contributed by atoms with E-state index in [0.29, 0.717) is 32.1 Å². The first-order valence-corrected chi connectivity index (χ1v) is 31.8. The van der Waals surface area contributed by atoms with E-state index in [-0.39, 0.29) is 19.3 Å². The third-order valence-electron chi connectivity index (χ3n) is 13.0. The number of aliphatic hydroxyl groups is 2. The topological polar surface area (TPSA) is 175 Å². The maximum absolute atomic E-state index is 13.2. The lowest BCUT2D eigenvalue weighted by molar-refractivity contribution is -0.301. The van der Waals surface area contributed by atoms with E-state index in [1.54, 1.807) is 0 Å². The summed E-state index contributed by atoms with van der Waals surface area (Å²) in [7, 11) is 0. The van der Waals surface area contributed by atoms with Gasteiger partial charge in [0.1, 0.15) is 18.8 Å². The summed E-state index contributed by atoms with van der Waals surface area (Å²) in [5.74, 6) is -3.39. The average Bonchev–Trinajstić information content (AvgIpc) is 3.46. The van der Waals surface area contributed by atoms with Gasteiger partial charge in [0.15, 0.2) is 24.6 Å². The highest BCUT2D eigenvalue weighted by molar-refractivity contribution is 5.74. The average molecular weight is 1180 g/mol. The van der Waals surface area contributed by atoms with E-state index in [4.69, 9.17) is 23.7 Å². The Kier molecular flexibility index (Phi) is 52.6. The summed E-state index contributed by atoms with van der Waals surface area (Å²) in [5, 5.41) is 31.6. The predicted octanol–water partition coefficient (Wildman–Crippen LogP) is 17.2. The van der Waals surface area contributed by atoms with Gasteiger partial charge in [-0.15, -0.1) is 0 Å². The molecule has 3 N–H and O–H groups in total.